The van der Waals surface area contributed by atoms with Gasteiger partial charge in [-0.1, -0.05) is 12.1 Å². The van der Waals surface area contributed by atoms with E-state index in [-0.39, 0.29) is 18.5 Å². The maximum atomic E-state index is 12.5. The van der Waals surface area contributed by atoms with E-state index in [1.165, 1.54) is 0 Å². The lowest BCUT2D eigenvalue weighted by atomic mass is 10.1. The number of hydrogen-bond donors (Lipinski definition) is 2. The van der Waals surface area contributed by atoms with Crippen molar-refractivity contribution in [2.24, 2.45) is 5.92 Å². The van der Waals surface area contributed by atoms with Gasteiger partial charge in [0.25, 0.3) is 0 Å². The molecule has 1 unspecified atom stereocenters. The van der Waals surface area contributed by atoms with Crippen LogP contribution in [0.1, 0.15) is 38.2 Å². The summed E-state index contributed by atoms with van der Waals surface area (Å²) in [5.41, 5.74) is 1.05. The number of carbonyl (C=O) groups excluding carboxylic acids is 1. The molecule has 6 nitrogen and oxygen atoms in total. The predicted octanol–water partition coefficient (Wildman–Crippen LogP) is 2.87. The smallest absolute Gasteiger partial charge is 0.317 e. The van der Waals surface area contributed by atoms with Crippen LogP contribution in [0.4, 0.5) is 4.79 Å². The van der Waals surface area contributed by atoms with Crippen molar-refractivity contribution in [1.29, 1.82) is 0 Å². The van der Waals surface area contributed by atoms with Crippen LogP contribution in [0.2, 0.25) is 0 Å². The zero-order valence-electron chi connectivity index (χ0n) is 14.3. The molecule has 1 fully saturated rings. The van der Waals surface area contributed by atoms with Gasteiger partial charge in [0, 0.05) is 25.6 Å². The van der Waals surface area contributed by atoms with E-state index >= 15 is 0 Å². The standard InChI is InChI=1S/C18H26N2O4/c1-13(15-7-8-15)20(18(23)19-11-3-4-17(21)22)12-14-5-9-16(24-2)10-6-14/h5-6,9-10,13,15H,3-4,7-8,11-12H2,1-2H3,(H,19,23)(H,21,22). The van der Waals surface area contributed by atoms with Crippen molar-refractivity contribution in [3.05, 3.63) is 29.8 Å². The second-order valence-electron chi connectivity index (χ2n) is 6.28. The Bertz CT molecular complexity index is 555. The van der Waals surface area contributed by atoms with Gasteiger partial charge in [-0.15, -0.1) is 0 Å². The third-order valence-corrected chi connectivity index (χ3v) is 4.41. The molecule has 1 saturated carbocycles. The summed E-state index contributed by atoms with van der Waals surface area (Å²) in [6.07, 6.45) is 2.82. The van der Waals surface area contributed by atoms with E-state index in [0.29, 0.717) is 25.4 Å². The van der Waals surface area contributed by atoms with Gasteiger partial charge in [-0.25, -0.2) is 4.79 Å². The predicted molar refractivity (Wildman–Crippen MR) is 91.0 cm³/mol. The van der Waals surface area contributed by atoms with Gasteiger partial charge in [-0.05, 0) is 49.8 Å². The van der Waals surface area contributed by atoms with Crippen LogP contribution >= 0.6 is 0 Å². The van der Waals surface area contributed by atoms with Gasteiger partial charge >= 0.3 is 12.0 Å². The molecule has 0 bridgehead atoms. The molecule has 2 N–H and O–H groups in total. The average Bonchev–Trinajstić information content (AvgIpc) is 3.41. The molecule has 1 atom stereocenters. The number of hydrogen-bond acceptors (Lipinski definition) is 3. The number of amides is 2. The van der Waals surface area contributed by atoms with E-state index in [1.807, 2.05) is 29.2 Å². The SMILES string of the molecule is COc1ccc(CN(C(=O)NCCCC(=O)O)C(C)C2CC2)cc1. The number of urea groups is 1. The van der Waals surface area contributed by atoms with E-state index in [9.17, 15) is 9.59 Å². The summed E-state index contributed by atoms with van der Waals surface area (Å²) in [6.45, 7) is 2.99. The molecule has 0 aromatic heterocycles. The molecule has 0 radical (unpaired) electrons. The van der Waals surface area contributed by atoms with Gasteiger partial charge in [-0.3, -0.25) is 4.79 Å². The van der Waals surface area contributed by atoms with Crippen LogP contribution in [0.25, 0.3) is 0 Å². The molecule has 24 heavy (non-hydrogen) atoms. The Morgan fingerprint density at radius 2 is 2.00 bits per heavy atom. The fourth-order valence-electron chi connectivity index (χ4n) is 2.70. The Hall–Kier alpha value is -2.24. The lowest BCUT2D eigenvalue weighted by molar-refractivity contribution is -0.137. The van der Waals surface area contributed by atoms with Crippen LogP contribution in [0.15, 0.2) is 24.3 Å². The van der Waals surface area contributed by atoms with Crippen molar-refractivity contribution >= 4 is 12.0 Å². The molecule has 0 saturated heterocycles. The molecule has 132 valence electrons. The van der Waals surface area contributed by atoms with E-state index < -0.39 is 5.97 Å². The van der Waals surface area contributed by atoms with Crippen LogP contribution in [-0.4, -0.2) is 41.7 Å². The van der Waals surface area contributed by atoms with Gasteiger partial charge in [0.15, 0.2) is 0 Å². The Morgan fingerprint density at radius 1 is 1.33 bits per heavy atom. The molecular weight excluding hydrogens is 308 g/mol. The highest BCUT2D eigenvalue weighted by Crippen LogP contribution is 2.35. The summed E-state index contributed by atoms with van der Waals surface area (Å²) in [4.78, 5) is 24.9. The van der Waals surface area contributed by atoms with Gasteiger partial charge in [0.1, 0.15) is 5.75 Å². The van der Waals surface area contributed by atoms with Crippen molar-refractivity contribution in [3.63, 3.8) is 0 Å². The van der Waals surface area contributed by atoms with Crippen molar-refractivity contribution in [2.45, 2.75) is 45.2 Å². The lowest BCUT2D eigenvalue weighted by Crippen LogP contribution is -2.45. The molecule has 0 heterocycles. The summed E-state index contributed by atoms with van der Waals surface area (Å²) in [5.74, 6) is 0.511. The summed E-state index contributed by atoms with van der Waals surface area (Å²) in [7, 11) is 1.63. The van der Waals surface area contributed by atoms with Crippen LogP contribution in [0.3, 0.4) is 0 Å². The van der Waals surface area contributed by atoms with Gasteiger partial charge in [0.2, 0.25) is 0 Å². The first kappa shape index (κ1) is 18.1. The molecule has 2 amide bonds. The van der Waals surface area contributed by atoms with Crippen molar-refractivity contribution in [1.82, 2.24) is 10.2 Å². The number of rotatable bonds is 9. The first-order valence-electron chi connectivity index (χ1n) is 8.40. The van der Waals surface area contributed by atoms with Crippen LogP contribution in [-0.2, 0) is 11.3 Å². The minimum atomic E-state index is -0.842. The minimum absolute atomic E-state index is 0.0664. The zero-order chi connectivity index (χ0) is 17.5. The second-order valence-corrected chi connectivity index (χ2v) is 6.28. The highest BCUT2D eigenvalue weighted by atomic mass is 16.5. The number of benzene rings is 1. The third-order valence-electron chi connectivity index (χ3n) is 4.41. The Morgan fingerprint density at radius 3 is 2.54 bits per heavy atom. The molecular formula is C18H26N2O4. The van der Waals surface area contributed by atoms with Crippen LogP contribution in [0, 0.1) is 5.92 Å². The number of aliphatic carboxylic acids is 1. The minimum Gasteiger partial charge on any atom is -0.497 e. The first-order valence-corrected chi connectivity index (χ1v) is 8.40. The lowest BCUT2D eigenvalue weighted by Gasteiger charge is -2.30. The Kier molecular flexibility index (Phi) is 6.46. The van der Waals surface area contributed by atoms with E-state index in [0.717, 1.165) is 24.2 Å². The highest BCUT2D eigenvalue weighted by molar-refractivity contribution is 5.74. The number of carboxylic acids is 1. The Labute approximate surface area is 142 Å². The summed E-state index contributed by atoms with van der Waals surface area (Å²) in [6, 6.07) is 7.74. The molecule has 1 aliphatic carbocycles. The fourth-order valence-corrected chi connectivity index (χ4v) is 2.70. The maximum Gasteiger partial charge on any atom is 0.317 e. The number of nitrogens with zero attached hydrogens (tertiary/aromatic N) is 1. The monoisotopic (exact) mass is 334 g/mol. The van der Waals surface area contributed by atoms with E-state index in [1.54, 1.807) is 7.11 Å². The highest BCUT2D eigenvalue weighted by Gasteiger charge is 2.34. The number of carbonyl (C=O) groups is 2. The number of nitrogens with one attached hydrogen (secondary N) is 1. The van der Waals surface area contributed by atoms with Crippen LogP contribution < -0.4 is 10.1 Å². The summed E-state index contributed by atoms with van der Waals surface area (Å²) >= 11 is 0. The van der Waals surface area contributed by atoms with Crippen molar-refractivity contribution < 1.29 is 19.4 Å². The Balaban J connectivity index is 1.95. The maximum absolute atomic E-state index is 12.5. The quantitative estimate of drug-likeness (QED) is 0.681. The van der Waals surface area contributed by atoms with Crippen molar-refractivity contribution in [2.75, 3.05) is 13.7 Å². The fraction of sp³-hybridized carbons (Fsp3) is 0.556. The summed E-state index contributed by atoms with van der Waals surface area (Å²) in [5, 5.41) is 11.5. The molecule has 0 aliphatic heterocycles. The number of carboxylic acid groups (broad SMARTS) is 1. The second kappa shape index (κ2) is 8.57. The van der Waals surface area contributed by atoms with Crippen molar-refractivity contribution in [3.8, 4) is 5.75 Å². The molecule has 1 aromatic rings. The normalized spacial score (nSPS) is 14.8. The molecule has 1 aliphatic rings. The number of methoxy groups -OCH3 is 1. The van der Waals surface area contributed by atoms with Gasteiger partial charge < -0.3 is 20.1 Å². The largest absolute Gasteiger partial charge is 0.497 e. The van der Waals surface area contributed by atoms with E-state index in [4.69, 9.17) is 9.84 Å². The molecule has 6 heteroatoms. The van der Waals surface area contributed by atoms with Crippen LogP contribution in [0.5, 0.6) is 5.75 Å². The molecule has 1 aromatic carbocycles. The van der Waals surface area contributed by atoms with Gasteiger partial charge in [-0.2, -0.15) is 0 Å². The first-order chi connectivity index (χ1) is 11.5. The average molecular weight is 334 g/mol. The number of ether oxygens (including phenoxy) is 1. The summed E-state index contributed by atoms with van der Waals surface area (Å²) < 4.78 is 5.16. The topological polar surface area (TPSA) is 78.9 Å². The molecule has 2 rings (SSSR count). The third kappa shape index (κ3) is 5.44. The van der Waals surface area contributed by atoms with E-state index in [2.05, 4.69) is 12.2 Å². The van der Waals surface area contributed by atoms with Gasteiger partial charge in [0.05, 0.1) is 7.11 Å². The molecule has 0 spiro atoms. The zero-order valence-corrected chi connectivity index (χ0v) is 14.3.